The first kappa shape index (κ1) is 8.74. The first-order valence-corrected chi connectivity index (χ1v) is 4.17. The van der Waals surface area contributed by atoms with E-state index in [1.807, 2.05) is 0 Å². The van der Waals surface area contributed by atoms with Gasteiger partial charge in [-0.25, -0.2) is 0 Å². The normalized spacial score (nSPS) is 13.4. The lowest BCUT2D eigenvalue weighted by atomic mass is 10.1. The monoisotopic (exact) mass is 192 g/mol. The van der Waals surface area contributed by atoms with Crippen molar-refractivity contribution in [3.8, 4) is 11.5 Å². The largest absolute Gasteiger partial charge is 0.427 e. The molecule has 0 saturated heterocycles. The van der Waals surface area contributed by atoms with Crippen LogP contribution in [0.1, 0.15) is 12.5 Å². The van der Waals surface area contributed by atoms with Crippen LogP contribution in [0.2, 0.25) is 0 Å². The van der Waals surface area contributed by atoms with Crippen LogP contribution in [-0.2, 0) is 16.0 Å². The maximum absolute atomic E-state index is 10.9. The fourth-order valence-electron chi connectivity index (χ4n) is 1.32. The van der Waals surface area contributed by atoms with Gasteiger partial charge in [-0.2, -0.15) is 0 Å². The van der Waals surface area contributed by atoms with Gasteiger partial charge in [0.05, 0.1) is 6.42 Å². The second-order valence-corrected chi connectivity index (χ2v) is 3.01. The van der Waals surface area contributed by atoms with Gasteiger partial charge in [-0.05, 0) is 6.07 Å². The van der Waals surface area contributed by atoms with Crippen molar-refractivity contribution in [1.29, 1.82) is 0 Å². The number of esters is 2. The van der Waals surface area contributed by atoms with E-state index in [1.165, 1.54) is 6.92 Å². The van der Waals surface area contributed by atoms with Crippen molar-refractivity contribution in [3.63, 3.8) is 0 Å². The van der Waals surface area contributed by atoms with Crippen LogP contribution >= 0.6 is 0 Å². The number of fused-ring (bicyclic) bond motifs is 1. The van der Waals surface area contributed by atoms with Gasteiger partial charge in [-0.3, -0.25) is 9.59 Å². The zero-order chi connectivity index (χ0) is 10.1. The molecule has 2 rings (SSSR count). The summed E-state index contributed by atoms with van der Waals surface area (Å²) >= 11 is 0. The van der Waals surface area contributed by atoms with Crippen LogP contribution in [0, 0.1) is 0 Å². The average Bonchev–Trinajstić information content (AvgIpc) is 2.42. The summed E-state index contributed by atoms with van der Waals surface area (Å²) in [5.74, 6) is 0.203. The maximum atomic E-state index is 10.9. The summed E-state index contributed by atoms with van der Waals surface area (Å²) in [5, 5.41) is 0. The molecule has 0 spiro atoms. The van der Waals surface area contributed by atoms with Crippen molar-refractivity contribution >= 4 is 11.9 Å². The van der Waals surface area contributed by atoms with Crippen molar-refractivity contribution in [2.24, 2.45) is 0 Å². The molecule has 0 fully saturated rings. The van der Waals surface area contributed by atoms with Gasteiger partial charge in [0, 0.05) is 18.6 Å². The minimum Gasteiger partial charge on any atom is -0.427 e. The third kappa shape index (κ3) is 1.59. The molecule has 1 aromatic carbocycles. The zero-order valence-corrected chi connectivity index (χ0v) is 7.57. The molecule has 0 radical (unpaired) electrons. The predicted octanol–water partition coefficient (Wildman–Crippen LogP) is 1.07. The van der Waals surface area contributed by atoms with Gasteiger partial charge in [0.1, 0.15) is 11.5 Å². The van der Waals surface area contributed by atoms with Gasteiger partial charge in [-0.1, -0.05) is 6.07 Å². The number of carbonyl (C=O) groups excluding carboxylic acids is 2. The number of ether oxygens (including phenoxy) is 2. The number of hydrogen-bond donors (Lipinski definition) is 0. The Morgan fingerprint density at radius 3 is 3.00 bits per heavy atom. The van der Waals surface area contributed by atoms with Crippen LogP contribution in [0.15, 0.2) is 18.2 Å². The molecule has 1 heterocycles. The molecule has 0 amide bonds. The van der Waals surface area contributed by atoms with Crippen LogP contribution < -0.4 is 9.47 Å². The molecule has 0 aliphatic carbocycles. The number of hydrogen-bond acceptors (Lipinski definition) is 4. The highest BCUT2D eigenvalue weighted by Gasteiger charge is 2.20. The van der Waals surface area contributed by atoms with Crippen LogP contribution in [0.5, 0.6) is 11.5 Å². The first-order valence-electron chi connectivity index (χ1n) is 4.17. The van der Waals surface area contributed by atoms with Gasteiger partial charge in [0.2, 0.25) is 0 Å². The lowest BCUT2D eigenvalue weighted by Crippen LogP contribution is -2.01. The van der Waals surface area contributed by atoms with Crippen LogP contribution in [0.25, 0.3) is 0 Å². The zero-order valence-electron chi connectivity index (χ0n) is 7.57. The average molecular weight is 192 g/mol. The van der Waals surface area contributed by atoms with E-state index >= 15 is 0 Å². The highest BCUT2D eigenvalue weighted by molar-refractivity contribution is 5.81. The summed E-state index contributed by atoms with van der Waals surface area (Å²) in [4.78, 5) is 21.6. The van der Waals surface area contributed by atoms with E-state index in [-0.39, 0.29) is 12.4 Å². The summed E-state index contributed by atoms with van der Waals surface area (Å²) in [7, 11) is 0. The predicted molar refractivity (Wildman–Crippen MR) is 47.1 cm³/mol. The Morgan fingerprint density at radius 1 is 1.50 bits per heavy atom. The molecule has 14 heavy (non-hydrogen) atoms. The molecule has 0 unspecified atom stereocenters. The Bertz CT molecular complexity index is 409. The highest BCUT2D eigenvalue weighted by Crippen LogP contribution is 2.29. The summed E-state index contributed by atoms with van der Waals surface area (Å²) in [6.45, 7) is 1.32. The number of carbonyl (C=O) groups is 2. The van der Waals surface area contributed by atoms with Crippen molar-refractivity contribution in [1.82, 2.24) is 0 Å². The van der Waals surface area contributed by atoms with E-state index in [1.54, 1.807) is 18.2 Å². The van der Waals surface area contributed by atoms with Crippen molar-refractivity contribution in [2.45, 2.75) is 13.3 Å². The lowest BCUT2D eigenvalue weighted by Gasteiger charge is -2.02. The standard InChI is InChI=1S/C10H8O4/c1-6(11)13-8-3-2-7-4-10(12)14-9(7)5-8/h2-3,5H,4H2,1H3. The van der Waals surface area contributed by atoms with Crippen molar-refractivity contribution in [2.75, 3.05) is 0 Å². The molecule has 72 valence electrons. The van der Waals surface area contributed by atoms with E-state index in [0.717, 1.165) is 5.56 Å². The molecule has 0 saturated carbocycles. The van der Waals surface area contributed by atoms with E-state index in [2.05, 4.69) is 0 Å². The molecule has 1 aliphatic rings. The Balaban J connectivity index is 2.28. The van der Waals surface area contributed by atoms with Crippen molar-refractivity contribution in [3.05, 3.63) is 23.8 Å². The Labute approximate surface area is 80.4 Å². The maximum Gasteiger partial charge on any atom is 0.315 e. The SMILES string of the molecule is CC(=O)Oc1ccc2c(c1)OC(=O)C2. The molecule has 1 aromatic rings. The quantitative estimate of drug-likeness (QED) is 0.493. The minimum atomic E-state index is -0.394. The first-order chi connectivity index (χ1) is 6.65. The minimum absolute atomic E-state index is 0.278. The fraction of sp³-hybridized carbons (Fsp3) is 0.200. The molecule has 0 aromatic heterocycles. The second kappa shape index (κ2) is 3.14. The molecule has 4 heteroatoms. The Morgan fingerprint density at radius 2 is 2.29 bits per heavy atom. The smallest absolute Gasteiger partial charge is 0.315 e. The molecule has 0 N–H and O–H groups in total. The summed E-state index contributed by atoms with van der Waals surface area (Å²) < 4.78 is 9.74. The summed E-state index contributed by atoms with van der Waals surface area (Å²) in [6, 6.07) is 4.91. The number of rotatable bonds is 1. The molecule has 0 atom stereocenters. The van der Waals surface area contributed by atoms with E-state index in [4.69, 9.17) is 9.47 Å². The van der Waals surface area contributed by atoms with Gasteiger partial charge < -0.3 is 9.47 Å². The van der Waals surface area contributed by atoms with Crippen LogP contribution in [0.4, 0.5) is 0 Å². The summed E-state index contributed by atoms with van der Waals surface area (Å²) in [5.41, 5.74) is 0.825. The van der Waals surface area contributed by atoms with Crippen LogP contribution in [-0.4, -0.2) is 11.9 Å². The van der Waals surface area contributed by atoms with E-state index in [0.29, 0.717) is 11.5 Å². The second-order valence-electron chi connectivity index (χ2n) is 3.01. The molecular weight excluding hydrogens is 184 g/mol. The summed E-state index contributed by atoms with van der Waals surface area (Å²) in [6.07, 6.45) is 0.287. The van der Waals surface area contributed by atoms with Gasteiger partial charge in [0.15, 0.2) is 0 Å². The molecule has 0 bridgehead atoms. The van der Waals surface area contributed by atoms with E-state index < -0.39 is 5.97 Å². The van der Waals surface area contributed by atoms with Gasteiger partial charge in [-0.15, -0.1) is 0 Å². The molecule has 4 nitrogen and oxygen atoms in total. The number of benzene rings is 1. The third-order valence-electron chi connectivity index (χ3n) is 1.86. The van der Waals surface area contributed by atoms with Crippen LogP contribution in [0.3, 0.4) is 0 Å². The lowest BCUT2D eigenvalue weighted by molar-refractivity contribution is -0.132. The Hall–Kier alpha value is -1.84. The highest BCUT2D eigenvalue weighted by atomic mass is 16.5. The molecule has 1 aliphatic heterocycles. The topological polar surface area (TPSA) is 52.6 Å². The van der Waals surface area contributed by atoms with Gasteiger partial charge in [0.25, 0.3) is 0 Å². The fourth-order valence-corrected chi connectivity index (χ4v) is 1.32. The van der Waals surface area contributed by atoms with Crippen molar-refractivity contribution < 1.29 is 19.1 Å². The van der Waals surface area contributed by atoms with Gasteiger partial charge >= 0.3 is 11.9 Å². The Kier molecular flexibility index (Phi) is 1.96. The third-order valence-corrected chi connectivity index (χ3v) is 1.86. The van der Waals surface area contributed by atoms with E-state index in [9.17, 15) is 9.59 Å². The molecular formula is C10H8O4.